The average molecular weight is 242 g/mol. The van der Waals surface area contributed by atoms with E-state index in [9.17, 15) is 12.6 Å². The van der Waals surface area contributed by atoms with E-state index in [1.807, 2.05) is 0 Å². The van der Waals surface area contributed by atoms with Crippen LogP contribution in [0.4, 0.5) is 0 Å². The van der Waals surface area contributed by atoms with Gasteiger partial charge in [0, 0.05) is 0 Å². The molecule has 0 aromatic heterocycles. The molecule has 0 aromatic rings. The van der Waals surface area contributed by atoms with Gasteiger partial charge >= 0.3 is 48.8 Å². The Morgan fingerprint density at radius 1 is 1.25 bits per heavy atom. The van der Waals surface area contributed by atoms with Crippen LogP contribution in [0.25, 0.3) is 0 Å². The first kappa shape index (κ1) is 18.9. The normalized spacial score (nSPS) is 12.5. The quantitative estimate of drug-likeness (QED) is 0.227. The van der Waals surface area contributed by atoms with Gasteiger partial charge in [0.05, 0.1) is 0 Å². The Labute approximate surface area is 98.3 Å². The Morgan fingerprint density at radius 3 is 1.33 bits per heavy atom. The Bertz CT molecular complexity index is 210. The molecule has 0 heterocycles. The van der Waals surface area contributed by atoms with Gasteiger partial charge < -0.3 is 0 Å². The molecular formula is C3H11NaO5S2Si. The number of hydrogen-bond acceptors (Lipinski definition) is 3. The molecule has 1 unspecified atom stereocenters. The summed E-state index contributed by atoms with van der Waals surface area (Å²) in [6, 6.07) is 0. The van der Waals surface area contributed by atoms with Gasteiger partial charge in [0.2, 0.25) is 0 Å². The fourth-order valence-electron chi connectivity index (χ4n) is 0. The van der Waals surface area contributed by atoms with Crippen molar-refractivity contribution in [1.82, 2.24) is 0 Å². The zero-order valence-corrected chi connectivity index (χ0v) is 12.1. The minimum Gasteiger partial charge on any atom is -0.292 e. The summed E-state index contributed by atoms with van der Waals surface area (Å²) in [5.41, 5.74) is 0. The molecule has 0 radical (unpaired) electrons. The number of rotatable bonds is 1. The molecule has 0 fully saturated rings. The molecule has 9 heteroatoms. The van der Waals surface area contributed by atoms with Crippen molar-refractivity contribution >= 4 is 28.1 Å². The third kappa shape index (κ3) is 22.5. The second-order valence-electron chi connectivity index (χ2n) is 2.14. The molecule has 0 spiro atoms. The number of hydrogen-bond donors (Lipinski definition) is 2. The van der Waals surface area contributed by atoms with Gasteiger partial charge in [-0.1, -0.05) is 0 Å². The molecule has 0 aliphatic carbocycles. The summed E-state index contributed by atoms with van der Waals surface area (Å²) in [7, 11) is -7.75. The molecule has 5 nitrogen and oxygen atoms in total. The molecule has 0 aliphatic heterocycles. The van der Waals surface area contributed by atoms with Crippen molar-refractivity contribution in [3.8, 4) is 0 Å². The van der Waals surface area contributed by atoms with E-state index in [-0.39, 0.29) is 38.4 Å². The summed E-state index contributed by atoms with van der Waals surface area (Å²) >= 11 is 0. The molecule has 0 rings (SSSR count). The first-order valence-corrected chi connectivity index (χ1v) is 8.60. The van der Waals surface area contributed by atoms with Crippen molar-refractivity contribution < 1.29 is 51.3 Å². The predicted molar refractivity (Wildman–Crippen MR) is 45.7 cm³/mol. The van der Waals surface area contributed by atoms with E-state index in [2.05, 4.69) is 19.6 Å². The van der Waals surface area contributed by atoms with Gasteiger partial charge in [0.1, 0.15) is 0 Å². The Hall–Kier alpha value is 1.24. The van der Waals surface area contributed by atoms with Crippen LogP contribution in [0.3, 0.4) is 0 Å². The van der Waals surface area contributed by atoms with Crippen molar-refractivity contribution in [3.05, 3.63) is 0 Å². The van der Waals surface area contributed by atoms with Crippen molar-refractivity contribution in [3.63, 3.8) is 0 Å². The van der Waals surface area contributed by atoms with Crippen LogP contribution in [0, 0.1) is 0 Å². The van der Waals surface area contributed by atoms with Crippen LogP contribution in [0.2, 0.25) is 19.6 Å². The first-order chi connectivity index (χ1) is 4.68. The summed E-state index contributed by atoms with van der Waals surface area (Å²) in [5.74, 6) is 0. The van der Waals surface area contributed by atoms with Crippen molar-refractivity contribution in [1.29, 1.82) is 0 Å². The monoisotopic (exact) mass is 242 g/mol. The second kappa shape index (κ2) is 8.82. The van der Waals surface area contributed by atoms with Crippen molar-refractivity contribution in [2.75, 3.05) is 0 Å². The average Bonchev–Trinajstić information content (AvgIpc) is 1.59. The third-order valence-electron chi connectivity index (χ3n) is 0.180. The molecule has 1 atom stereocenters. The summed E-state index contributed by atoms with van der Waals surface area (Å²) in [4.78, 5) is 0. The van der Waals surface area contributed by atoms with E-state index in [0.717, 1.165) is 0 Å². The van der Waals surface area contributed by atoms with Crippen molar-refractivity contribution in [2.24, 2.45) is 0 Å². The van der Waals surface area contributed by atoms with Crippen LogP contribution in [0.5, 0.6) is 0 Å². The standard InChI is InChI=1S/C3H9Si.Na.H2O5S2/c1-4(2)3;;1-6(2)7(3,4)5/h1-3H3;;(H,1,2)(H,3,4,5)/q-1;+1;. The maximum Gasteiger partial charge on any atom is 1.00 e. The molecule has 2 N–H and O–H groups in total. The molecule has 70 valence electrons. The largest absolute Gasteiger partial charge is 1.00 e. The third-order valence-corrected chi connectivity index (χ3v) is 1.62. The molecule has 0 amide bonds. The topological polar surface area (TPSA) is 91.7 Å². The first-order valence-electron chi connectivity index (χ1n) is 2.53. The van der Waals surface area contributed by atoms with E-state index >= 15 is 0 Å². The maximum atomic E-state index is 9.34. The van der Waals surface area contributed by atoms with Gasteiger partial charge in [-0.2, -0.15) is 28.1 Å². The van der Waals surface area contributed by atoms with Gasteiger partial charge in [0.25, 0.3) is 0 Å². The van der Waals surface area contributed by atoms with Crippen LogP contribution in [-0.4, -0.2) is 30.5 Å². The summed E-state index contributed by atoms with van der Waals surface area (Å²) in [5, 5.41) is 0. The van der Waals surface area contributed by atoms with Gasteiger partial charge in [-0.15, -0.1) is 0 Å². The Morgan fingerprint density at radius 2 is 1.33 bits per heavy atom. The van der Waals surface area contributed by atoms with E-state index in [0.29, 0.717) is 0 Å². The van der Waals surface area contributed by atoms with Gasteiger partial charge in [-0.05, 0) is 0 Å². The predicted octanol–water partition coefficient (Wildman–Crippen LogP) is -2.61. The molecule has 0 saturated carbocycles. The fraction of sp³-hybridized carbons (Fsp3) is 1.00. The second-order valence-corrected chi connectivity index (χ2v) is 8.55. The van der Waals surface area contributed by atoms with Crippen LogP contribution in [0.15, 0.2) is 0 Å². The molecule has 0 aromatic carbocycles. The van der Waals surface area contributed by atoms with Gasteiger partial charge in [0.15, 0.2) is 0 Å². The molecule has 0 aliphatic rings. The van der Waals surface area contributed by atoms with Crippen LogP contribution in [0.1, 0.15) is 0 Å². The minimum absolute atomic E-state index is 0. The maximum absolute atomic E-state index is 9.34. The molecule has 12 heavy (non-hydrogen) atoms. The zero-order valence-electron chi connectivity index (χ0n) is 7.44. The summed E-state index contributed by atoms with van der Waals surface area (Å²) in [6.45, 7) is 6.81. The molecular weight excluding hydrogens is 231 g/mol. The van der Waals surface area contributed by atoms with E-state index in [1.54, 1.807) is 0 Å². The van der Waals surface area contributed by atoms with E-state index in [4.69, 9.17) is 9.11 Å². The summed E-state index contributed by atoms with van der Waals surface area (Å²) in [6.07, 6.45) is 0. The minimum atomic E-state index is -4.71. The molecule has 0 saturated heterocycles. The summed E-state index contributed by atoms with van der Waals surface area (Å²) < 4.78 is 43.0. The fourth-order valence-corrected chi connectivity index (χ4v) is 0. The van der Waals surface area contributed by atoms with Gasteiger partial charge in [-0.3, -0.25) is 17.9 Å². The smallest absolute Gasteiger partial charge is 0.292 e. The van der Waals surface area contributed by atoms with E-state index < -0.39 is 19.3 Å². The van der Waals surface area contributed by atoms with Crippen LogP contribution < -0.4 is 29.6 Å². The van der Waals surface area contributed by atoms with E-state index in [1.165, 1.54) is 0 Å². The Kier molecular flexibility index (Phi) is 13.9. The van der Waals surface area contributed by atoms with Crippen LogP contribution in [-0.2, 0) is 19.3 Å². The van der Waals surface area contributed by atoms with Gasteiger partial charge in [-0.25, -0.2) is 4.21 Å². The SMILES string of the molecule is C[Si-](C)C.O=S(O)S(=O)(=O)O.[Na+]. The molecule has 0 bridgehead atoms. The van der Waals surface area contributed by atoms with Crippen molar-refractivity contribution in [2.45, 2.75) is 19.6 Å². The Balaban J connectivity index is -0.000000142. The zero-order chi connectivity index (χ0) is 9.65. The van der Waals surface area contributed by atoms with Crippen LogP contribution >= 0.6 is 0 Å².